The van der Waals surface area contributed by atoms with Crippen molar-refractivity contribution in [2.45, 2.75) is 19.8 Å². The largest absolute Gasteiger partial charge is 0.274 e. The van der Waals surface area contributed by atoms with Crippen LogP contribution in [0.4, 0.5) is 0 Å². The number of alkyl halides is 1. The highest BCUT2D eigenvalue weighted by Crippen LogP contribution is 2.26. The molecule has 5 heteroatoms. The third kappa shape index (κ3) is 3.00. The number of carbonyl (C=O) groups excluding carboxylic acids is 2. The lowest BCUT2D eigenvalue weighted by atomic mass is 10.1. The smallest absolute Gasteiger partial charge is 0.261 e. The number of fused-ring (bicyclic) bond motifs is 1. The summed E-state index contributed by atoms with van der Waals surface area (Å²) in [6, 6.07) is 5.18. The average molecular weight is 345 g/mol. The van der Waals surface area contributed by atoms with Crippen LogP contribution in [-0.4, -0.2) is 29.1 Å². The molecule has 0 saturated carbocycles. The van der Waals surface area contributed by atoms with Crippen LogP contribution in [0.3, 0.4) is 0 Å². The Morgan fingerprint density at radius 2 is 1.89 bits per heavy atom. The minimum atomic E-state index is -0.195. The standard InChI is InChI=1S/C14H15BrClNO2/c1-9(4-6-16)5-7-17-13(18)11-3-2-10(15)8-12(11)14(17)19/h2-3,8-9H,4-7H2,1H3. The van der Waals surface area contributed by atoms with Crippen LogP contribution in [0.15, 0.2) is 22.7 Å². The fourth-order valence-electron chi connectivity index (χ4n) is 2.15. The van der Waals surface area contributed by atoms with Gasteiger partial charge in [-0.15, -0.1) is 11.6 Å². The Labute approximate surface area is 126 Å². The molecule has 102 valence electrons. The number of halogens is 2. The first-order valence-corrected chi connectivity index (χ1v) is 7.59. The molecule has 1 unspecified atom stereocenters. The molecule has 0 N–H and O–H groups in total. The third-order valence-corrected chi connectivity index (χ3v) is 4.09. The summed E-state index contributed by atoms with van der Waals surface area (Å²) in [6.07, 6.45) is 1.69. The van der Waals surface area contributed by atoms with Crippen LogP contribution in [0.1, 0.15) is 40.5 Å². The van der Waals surface area contributed by atoms with Gasteiger partial charge in [-0.3, -0.25) is 14.5 Å². The topological polar surface area (TPSA) is 37.4 Å². The second-order valence-electron chi connectivity index (χ2n) is 4.82. The molecule has 1 aromatic carbocycles. The van der Waals surface area contributed by atoms with Crippen molar-refractivity contribution >= 4 is 39.3 Å². The maximum atomic E-state index is 12.2. The van der Waals surface area contributed by atoms with Crippen LogP contribution in [0.2, 0.25) is 0 Å². The first kappa shape index (κ1) is 14.5. The summed E-state index contributed by atoms with van der Waals surface area (Å²) in [6.45, 7) is 2.54. The van der Waals surface area contributed by atoms with Gasteiger partial charge in [-0.1, -0.05) is 22.9 Å². The van der Waals surface area contributed by atoms with Gasteiger partial charge in [0.2, 0.25) is 0 Å². The minimum Gasteiger partial charge on any atom is -0.274 e. The van der Waals surface area contributed by atoms with Gasteiger partial charge in [-0.05, 0) is 37.0 Å². The number of hydrogen-bond acceptors (Lipinski definition) is 2. The van der Waals surface area contributed by atoms with Gasteiger partial charge in [0.05, 0.1) is 11.1 Å². The highest BCUT2D eigenvalue weighted by atomic mass is 79.9. The van der Waals surface area contributed by atoms with E-state index in [1.807, 2.05) is 0 Å². The van der Waals surface area contributed by atoms with Gasteiger partial charge in [-0.25, -0.2) is 0 Å². The zero-order valence-electron chi connectivity index (χ0n) is 10.7. The summed E-state index contributed by atoms with van der Waals surface area (Å²) in [4.78, 5) is 25.7. The SMILES string of the molecule is CC(CCCl)CCN1C(=O)c2ccc(Br)cc2C1=O. The number of amides is 2. The normalized spacial score (nSPS) is 15.8. The number of imide groups is 1. The van der Waals surface area contributed by atoms with Crippen LogP contribution in [0.25, 0.3) is 0 Å². The van der Waals surface area contributed by atoms with Crippen molar-refractivity contribution in [3.8, 4) is 0 Å². The van der Waals surface area contributed by atoms with Gasteiger partial charge in [-0.2, -0.15) is 0 Å². The Balaban J connectivity index is 2.10. The van der Waals surface area contributed by atoms with Gasteiger partial charge in [0.25, 0.3) is 11.8 Å². The number of hydrogen-bond donors (Lipinski definition) is 0. The van der Waals surface area contributed by atoms with Gasteiger partial charge in [0.15, 0.2) is 0 Å². The van der Waals surface area contributed by atoms with Crippen LogP contribution < -0.4 is 0 Å². The molecule has 1 aromatic rings. The monoisotopic (exact) mass is 343 g/mol. The summed E-state index contributed by atoms with van der Waals surface area (Å²) in [5.41, 5.74) is 0.988. The van der Waals surface area contributed by atoms with Gasteiger partial charge in [0.1, 0.15) is 0 Å². The van der Waals surface area contributed by atoms with E-state index in [2.05, 4.69) is 22.9 Å². The van der Waals surface area contributed by atoms with E-state index in [0.717, 1.165) is 17.3 Å². The molecule has 2 rings (SSSR count). The number of benzene rings is 1. The highest BCUT2D eigenvalue weighted by Gasteiger charge is 2.35. The maximum absolute atomic E-state index is 12.2. The van der Waals surface area contributed by atoms with Crippen LogP contribution in [0.5, 0.6) is 0 Å². The zero-order chi connectivity index (χ0) is 14.0. The molecule has 19 heavy (non-hydrogen) atoms. The summed E-state index contributed by atoms with van der Waals surface area (Å²) < 4.78 is 0.810. The molecule has 1 atom stereocenters. The molecule has 0 aliphatic carbocycles. The van der Waals surface area contributed by atoms with Crippen molar-refractivity contribution in [3.05, 3.63) is 33.8 Å². The molecule has 1 aliphatic heterocycles. The molecule has 3 nitrogen and oxygen atoms in total. The lowest BCUT2D eigenvalue weighted by Crippen LogP contribution is -2.31. The van der Waals surface area contributed by atoms with Crippen LogP contribution >= 0.6 is 27.5 Å². The van der Waals surface area contributed by atoms with E-state index in [4.69, 9.17) is 11.6 Å². The van der Waals surface area contributed by atoms with Gasteiger partial charge < -0.3 is 0 Å². The van der Waals surface area contributed by atoms with E-state index in [1.54, 1.807) is 18.2 Å². The molecule has 0 bridgehead atoms. The Morgan fingerprint density at radius 3 is 2.58 bits per heavy atom. The molecule has 0 aromatic heterocycles. The van der Waals surface area contributed by atoms with E-state index in [1.165, 1.54) is 4.90 Å². The first-order chi connectivity index (χ1) is 9.04. The lowest BCUT2D eigenvalue weighted by molar-refractivity contribution is 0.0646. The molecular formula is C14H15BrClNO2. The summed E-state index contributed by atoms with van der Waals surface area (Å²) >= 11 is 9.01. The summed E-state index contributed by atoms with van der Waals surface area (Å²) in [5, 5.41) is 0. The average Bonchev–Trinajstić information content (AvgIpc) is 2.60. The Kier molecular flexibility index (Phi) is 4.63. The van der Waals surface area contributed by atoms with E-state index in [0.29, 0.717) is 29.5 Å². The zero-order valence-corrected chi connectivity index (χ0v) is 13.0. The summed E-state index contributed by atoms with van der Waals surface area (Å²) in [5.74, 6) is 0.634. The minimum absolute atomic E-state index is 0.189. The molecule has 1 aliphatic rings. The first-order valence-electron chi connectivity index (χ1n) is 6.26. The van der Waals surface area contributed by atoms with Crippen molar-refractivity contribution in [2.24, 2.45) is 5.92 Å². The van der Waals surface area contributed by atoms with Crippen LogP contribution in [0, 0.1) is 5.92 Å². The van der Waals surface area contributed by atoms with Crippen molar-refractivity contribution in [3.63, 3.8) is 0 Å². The number of nitrogens with zero attached hydrogens (tertiary/aromatic N) is 1. The second kappa shape index (κ2) is 6.06. The van der Waals surface area contributed by atoms with Crippen molar-refractivity contribution in [1.82, 2.24) is 4.90 Å². The van der Waals surface area contributed by atoms with E-state index in [-0.39, 0.29) is 11.8 Å². The van der Waals surface area contributed by atoms with Gasteiger partial charge >= 0.3 is 0 Å². The van der Waals surface area contributed by atoms with Crippen molar-refractivity contribution in [2.75, 3.05) is 12.4 Å². The molecule has 0 saturated heterocycles. The van der Waals surface area contributed by atoms with E-state index < -0.39 is 0 Å². The van der Waals surface area contributed by atoms with Crippen LogP contribution in [-0.2, 0) is 0 Å². The lowest BCUT2D eigenvalue weighted by Gasteiger charge is -2.16. The fraction of sp³-hybridized carbons (Fsp3) is 0.429. The molecular weight excluding hydrogens is 330 g/mol. The van der Waals surface area contributed by atoms with E-state index >= 15 is 0 Å². The molecule has 0 radical (unpaired) electrons. The Morgan fingerprint density at radius 1 is 1.21 bits per heavy atom. The predicted molar refractivity (Wildman–Crippen MR) is 78.6 cm³/mol. The predicted octanol–water partition coefficient (Wildman–Crippen LogP) is 3.70. The van der Waals surface area contributed by atoms with Crippen molar-refractivity contribution < 1.29 is 9.59 Å². The quantitative estimate of drug-likeness (QED) is 0.603. The Bertz CT molecular complexity index is 518. The molecule has 0 spiro atoms. The van der Waals surface area contributed by atoms with Gasteiger partial charge in [0, 0.05) is 16.9 Å². The Hall–Kier alpha value is -0.870. The molecule has 2 amide bonds. The van der Waals surface area contributed by atoms with E-state index in [9.17, 15) is 9.59 Å². The maximum Gasteiger partial charge on any atom is 0.261 e. The van der Waals surface area contributed by atoms with Crippen molar-refractivity contribution in [1.29, 1.82) is 0 Å². The number of rotatable bonds is 5. The third-order valence-electron chi connectivity index (χ3n) is 3.38. The second-order valence-corrected chi connectivity index (χ2v) is 6.12. The highest BCUT2D eigenvalue weighted by molar-refractivity contribution is 9.10. The summed E-state index contributed by atoms with van der Waals surface area (Å²) in [7, 11) is 0. The molecule has 1 heterocycles. The fourth-order valence-corrected chi connectivity index (χ4v) is 2.88. The number of carbonyl (C=O) groups is 2. The molecule has 0 fully saturated rings.